The van der Waals surface area contributed by atoms with Crippen LogP contribution in [0.4, 0.5) is 0 Å². The molecule has 0 bridgehead atoms. The molecule has 3 aromatic carbocycles. The number of hydrogen-bond acceptors (Lipinski definition) is 12. The highest BCUT2D eigenvalue weighted by atomic mass is 16.7. The molecule has 6 unspecified atom stereocenters. The predicted molar refractivity (Wildman–Crippen MR) is 232 cm³/mol. The molecule has 1 saturated carbocycles. The van der Waals surface area contributed by atoms with Gasteiger partial charge in [-0.3, -0.25) is 9.69 Å². The summed E-state index contributed by atoms with van der Waals surface area (Å²) in [7, 11) is 0. The number of nitrogens with zero attached hydrogens (tertiary/aromatic N) is 4. The number of carbonyl (C=O) groups excluding carboxylic acids is 1. The Morgan fingerprint density at radius 1 is 1.02 bits per heavy atom. The summed E-state index contributed by atoms with van der Waals surface area (Å²) in [4.78, 5) is 25.4. The highest BCUT2D eigenvalue weighted by molar-refractivity contribution is 6.03. The third kappa shape index (κ3) is 9.06. The van der Waals surface area contributed by atoms with E-state index in [1.807, 2.05) is 42.2 Å². The molecule has 0 radical (unpaired) electrons. The molecule has 1 amide bonds. The summed E-state index contributed by atoms with van der Waals surface area (Å²) in [5, 5.41) is 34.4. The summed E-state index contributed by atoms with van der Waals surface area (Å²) >= 11 is 0. The summed E-state index contributed by atoms with van der Waals surface area (Å²) in [5.74, 6) is 0.417. The van der Waals surface area contributed by atoms with E-state index in [2.05, 4.69) is 29.7 Å². The third-order valence-electron chi connectivity index (χ3n) is 12.9. The SMILES string of the molecule is C=CCOC12Oc3ccc(OCCN4CC4)cc3C3C(CCCCO)C(CCCCO)C=C(C(=NOCC)CC1N(Cc1ccc4c(c1)OCO4)C(=O)c1ccc(C#N)cc1)C32. The Hall–Kier alpha value is -5.39. The van der Waals surface area contributed by atoms with Crippen LogP contribution in [0.2, 0.25) is 0 Å². The number of aliphatic hydroxyl groups excluding tert-OH is 2. The second-order valence-corrected chi connectivity index (χ2v) is 16.7. The van der Waals surface area contributed by atoms with Crippen molar-refractivity contribution in [1.82, 2.24) is 9.80 Å². The number of unbranched alkanes of at least 4 members (excludes halogenated alkanes) is 2. The maximum Gasteiger partial charge on any atom is 0.254 e. The van der Waals surface area contributed by atoms with Gasteiger partial charge in [-0.25, -0.2) is 0 Å². The van der Waals surface area contributed by atoms with Crippen molar-refractivity contribution >= 4 is 11.6 Å². The molecule has 1 saturated heterocycles. The maximum atomic E-state index is 15.3. The van der Waals surface area contributed by atoms with E-state index >= 15 is 4.79 Å². The van der Waals surface area contributed by atoms with Crippen LogP contribution in [0, 0.1) is 29.1 Å². The fraction of sp³-hybridized carbons (Fsp3) is 0.490. The summed E-state index contributed by atoms with van der Waals surface area (Å²) in [6.45, 7) is 10.5. The van der Waals surface area contributed by atoms with Crippen molar-refractivity contribution in [3.05, 3.63) is 107 Å². The van der Waals surface area contributed by atoms with E-state index in [1.165, 1.54) is 0 Å². The molecule has 13 nitrogen and oxygen atoms in total. The smallest absolute Gasteiger partial charge is 0.254 e. The minimum atomic E-state index is -1.45. The fourth-order valence-electron chi connectivity index (χ4n) is 9.88. The molecule has 3 heterocycles. The Bertz CT molecular complexity index is 2160. The van der Waals surface area contributed by atoms with Crippen LogP contribution in [0.25, 0.3) is 0 Å². The monoisotopic (exact) mass is 846 g/mol. The van der Waals surface area contributed by atoms with Gasteiger partial charge in [0.25, 0.3) is 5.91 Å². The van der Waals surface area contributed by atoms with Crippen molar-refractivity contribution in [2.75, 3.05) is 59.5 Å². The van der Waals surface area contributed by atoms with Crippen LogP contribution in [-0.4, -0.2) is 103 Å². The summed E-state index contributed by atoms with van der Waals surface area (Å²) in [5.41, 5.74) is 4.34. The molecule has 2 fully saturated rings. The fourth-order valence-corrected chi connectivity index (χ4v) is 9.88. The molecule has 8 rings (SSSR count). The van der Waals surface area contributed by atoms with Gasteiger partial charge in [0, 0.05) is 62.9 Å². The molecule has 2 N–H and O–H groups in total. The average Bonchev–Trinajstić information content (AvgIpc) is 4.01. The van der Waals surface area contributed by atoms with Gasteiger partial charge in [0.2, 0.25) is 12.6 Å². The van der Waals surface area contributed by atoms with E-state index in [9.17, 15) is 15.5 Å². The van der Waals surface area contributed by atoms with Crippen molar-refractivity contribution in [2.45, 2.75) is 76.2 Å². The lowest BCUT2D eigenvalue weighted by atomic mass is 9.55. The average molecular weight is 847 g/mol. The van der Waals surface area contributed by atoms with Crippen LogP contribution in [0.5, 0.6) is 23.0 Å². The first-order chi connectivity index (χ1) is 30.4. The Kier molecular flexibility index (Phi) is 13.8. The van der Waals surface area contributed by atoms with Gasteiger partial charge >= 0.3 is 0 Å². The van der Waals surface area contributed by atoms with Crippen molar-refractivity contribution in [3.63, 3.8) is 0 Å². The lowest BCUT2D eigenvalue weighted by molar-refractivity contribution is -0.255. The first-order valence-electron chi connectivity index (χ1n) is 22.2. The van der Waals surface area contributed by atoms with Crippen LogP contribution < -0.4 is 18.9 Å². The number of amides is 1. The number of carbonyl (C=O) groups is 1. The number of oxime groups is 1. The lowest BCUT2D eigenvalue weighted by Gasteiger charge is -2.60. The number of allylic oxidation sites excluding steroid dienone is 1. The van der Waals surface area contributed by atoms with Crippen molar-refractivity contribution in [3.8, 4) is 29.1 Å². The lowest BCUT2D eigenvalue weighted by Crippen LogP contribution is -2.70. The molecule has 3 aromatic rings. The van der Waals surface area contributed by atoms with Crippen molar-refractivity contribution in [1.29, 1.82) is 5.26 Å². The van der Waals surface area contributed by atoms with Crippen LogP contribution in [-0.2, 0) is 16.1 Å². The molecule has 5 aliphatic rings. The van der Waals surface area contributed by atoms with Crippen LogP contribution in [0.1, 0.15) is 84.8 Å². The number of aliphatic hydroxyl groups is 2. The van der Waals surface area contributed by atoms with Gasteiger partial charge in [-0.15, -0.1) is 6.58 Å². The highest BCUT2D eigenvalue weighted by Crippen LogP contribution is 2.62. The molecule has 328 valence electrons. The Morgan fingerprint density at radius 2 is 1.79 bits per heavy atom. The zero-order valence-electron chi connectivity index (χ0n) is 35.6. The number of ether oxygens (including phenoxy) is 5. The molecule has 13 heteroatoms. The van der Waals surface area contributed by atoms with E-state index in [1.54, 1.807) is 30.3 Å². The first-order valence-corrected chi connectivity index (χ1v) is 22.2. The third-order valence-corrected chi connectivity index (χ3v) is 12.9. The Morgan fingerprint density at radius 3 is 2.53 bits per heavy atom. The summed E-state index contributed by atoms with van der Waals surface area (Å²) in [6, 6.07) is 19.8. The Balaban J connectivity index is 1.33. The standard InChI is InChI=1S/C49H58N4O9/c1-3-24-60-49-45(53(48(56)35-14-11-33(30-50)12-15-35)31-34-13-17-43-44(26-34)59-32-58-43)29-41(51-61-4-2)39-27-36(9-5-7-22-54)38(10-6-8-23-55)46(47(39)49)40-28-37(16-18-42(40)62-49)57-25-21-52-19-20-52/h3,11-18,26-28,36,38,45-47,54-55H,1,4-10,19-25,29,31-32H2,2H3. The van der Waals surface area contributed by atoms with E-state index in [0.29, 0.717) is 60.1 Å². The largest absolute Gasteiger partial charge is 0.492 e. The van der Waals surface area contributed by atoms with Gasteiger partial charge in [0.05, 0.1) is 29.9 Å². The van der Waals surface area contributed by atoms with E-state index in [-0.39, 0.29) is 63.2 Å². The summed E-state index contributed by atoms with van der Waals surface area (Å²) < 4.78 is 32.4. The number of benzene rings is 3. The van der Waals surface area contributed by atoms with Gasteiger partial charge in [-0.1, -0.05) is 36.2 Å². The number of nitriles is 1. The normalized spacial score (nSPS) is 24.8. The molecular weight excluding hydrogens is 789 g/mol. The van der Waals surface area contributed by atoms with Crippen molar-refractivity contribution in [2.24, 2.45) is 22.9 Å². The first kappa shape index (κ1) is 43.3. The molecule has 0 spiro atoms. The van der Waals surface area contributed by atoms with Gasteiger partial charge in [0.15, 0.2) is 11.5 Å². The molecule has 62 heavy (non-hydrogen) atoms. The quantitative estimate of drug-likeness (QED) is 0.0494. The van der Waals surface area contributed by atoms with Crippen LogP contribution in [0.3, 0.4) is 0 Å². The zero-order valence-corrected chi connectivity index (χ0v) is 35.6. The number of rotatable bonds is 21. The van der Waals surface area contributed by atoms with Gasteiger partial charge in [-0.05, 0) is 110 Å². The molecule has 3 aliphatic heterocycles. The van der Waals surface area contributed by atoms with Gasteiger partial charge < -0.3 is 43.6 Å². The minimum absolute atomic E-state index is 0.0693. The van der Waals surface area contributed by atoms with Gasteiger partial charge in [0.1, 0.15) is 30.8 Å². The molecular formula is C49H58N4O9. The maximum absolute atomic E-state index is 15.3. The van der Waals surface area contributed by atoms with E-state index in [0.717, 1.165) is 67.8 Å². The van der Waals surface area contributed by atoms with Crippen LogP contribution >= 0.6 is 0 Å². The minimum Gasteiger partial charge on any atom is -0.492 e. The van der Waals surface area contributed by atoms with E-state index in [4.69, 9.17) is 33.7 Å². The molecule has 6 atom stereocenters. The zero-order chi connectivity index (χ0) is 43.1. The number of fused-ring (bicyclic) bond motifs is 3. The predicted octanol–water partition coefficient (Wildman–Crippen LogP) is 6.98. The topological polar surface area (TPSA) is 155 Å². The summed E-state index contributed by atoms with van der Waals surface area (Å²) in [6.07, 6.45) is 8.95. The second kappa shape index (κ2) is 19.8. The van der Waals surface area contributed by atoms with Gasteiger partial charge in [-0.2, -0.15) is 5.26 Å². The highest BCUT2D eigenvalue weighted by Gasteiger charge is 2.65. The second-order valence-electron chi connectivity index (χ2n) is 16.7. The molecule has 0 aromatic heterocycles. The van der Waals surface area contributed by atoms with E-state index < -0.39 is 17.7 Å². The Labute approximate surface area is 364 Å². The number of hydrogen-bond donors (Lipinski definition) is 2. The van der Waals surface area contributed by atoms with Crippen LogP contribution in [0.15, 0.2) is 90.1 Å². The van der Waals surface area contributed by atoms with Crippen molar-refractivity contribution < 1.29 is 43.5 Å². The molecule has 2 aliphatic carbocycles.